The molecular formula is C28H24Cl2N6O4. The number of rotatable bonds is 9. The van der Waals surface area contributed by atoms with Crippen LogP contribution in [0.5, 0.6) is 0 Å². The molecule has 12 heteroatoms. The molecule has 40 heavy (non-hydrogen) atoms. The van der Waals surface area contributed by atoms with Crippen LogP contribution < -0.4 is 10.6 Å². The van der Waals surface area contributed by atoms with Crippen LogP contribution in [0.4, 0.5) is 5.69 Å². The number of aromatic nitrogens is 4. The Hall–Kier alpha value is -4.28. The van der Waals surface area contributed by atoms with E-state index >= 15 is 0 Å². The number of hydrogen-bond donors (Lipinski definition) is 3. The van der Waals surface area contributed by atoms with E-state index in [1.807, 2.05) is 34.9 Å². The largest absolute Gasteiger partial charge is 0.480 e. The van der Waals surface area contributed by atoms with Crippen molar-refractivity contribution in [3.63, 3.8) is 0 Å². The maximum absolute atomic E-state index is 13.3. The van der Waals surface area contributed by atoms with Crippen LogP contribution in [-0.4, -0.2) is 48.7 Å². The number of aryl methyl sites for hydroxylation is 1. The number of fused-ring (bicyclic) bond motifs is 1. The summed E-state index contributed by atoms with van der Waals surface area (Å²) in [5, 5.41) is 24.0. The first-order valence-electron chi connectivity index (χ1n) is 12.5. The molecule has 0 bridgehead atoms. The van der Waals surface area contributed by atoms with Gasteiger partial charge in [-0.15, -0.1) is 10.2 Å². The zero-order valence-corrected chi connectivity index (χ0v) is 22.6. The lowest BCUT2D eigenvalue weighted by molar-refractivity contribution is -0.142. The number of nitrogens with one attached hydrogen (secondary N) is 2. The smallest absolute Gasteiger partial charge is 0.326 e. The molecule has 0 spiro atoms. The number of anilines is 1. The van der Waals surface area contributed by atoms with Crippen LogP contribution in [0.1, 0.15) is 45.6 Å². The molecule has 2 atom stereocenters. The SMILES string of the molecule is O=C(Nc1ccc(C[C@H](NC(=O)[C@@H]2CCc3nnc(Cc4ccccc4)n32)C(=O)O)cc1)c1c(Cl)cncc1Cl. The number of hydrogen-bond acceptors (Lipinski definition) is 6. The number of benzene rings is 2. The highest BCUT2D eigenvalue weighted by Crippen LogP contribution is 2.28. The van der Waals surface area contributed by atoms with E-state index < -0.39 is 29.9 Å². The van der Waals surface area contributed by atoms with E-state index in [4.69, 9.17) is 23.2 Å². The molecule has 3 heterocycles. The van der Waals surface area contributed by atoms with Crippen molar-refractivity contribution < 1.29 is 19.5 Å². The highest BCUT2D eigenvalue weighted by Gasteiger charge is 2.34. The lowest BCUT2D eigenvalue weighted by Crippen LogP contribution is -2.45. The summed E-state index contributed by atoms with van der Waals surface area (Å²) >= 11 is 12.1. The van der Waals surface area contributed by atoms with Crippen LogP contribution in [-0.2, 0) is 28.9 Å². The molecule has 0 unspecified atom stereocenters. The van der Waals surface area contributed by atoms with Gasteiger partial charge in [0.15, 0.2) is 0 Å². The van der Waals surface area contributed by atoms with Crippen molar-refractivity contribution in [3.05, 3.63) is 105 Å². The monoisotopic (exact) mass is 578 g/mol. The molecule has 1 aliphatic heterocycles. The molecule has 204 valence electrons. The molecule has 3 N–H and O–H groups in total. The summed E-state index contributed by atoms with van der Waals surface area (Å²) in [6, 6.07) is 14.6. The van der Waals surface area contributed by atoms with E-state index in [0.29, 0.717) is 42.2 Å². The Kier molecular flexibility index (Phi) is 8.09. The maximum atomic E-state index is 13.3. The van der Waals surface area contributed by atoms with Gasteiger partial charge in [0.1, 0.15) is 23.7 Å². The van der Waals surface area contributed by atoms with Crippen LogP contribution in [0.15, 0.2) is 67.0 Å². The normalized spacial score (nSPS) is 14.8. The van der Waals surface area contributed by atoms with Crippen LogP contribution in [0.2, 0.25) is 10.0 Å². The van der Waals surface area contributed by atoms with Crippen molar-refractivity contribution in [3.8, 4) is 0 Å². The van der Waals surface area contributed by atoms with Crippen LogP contribution in [0, 0.1) is 0 Å². The second kappa shape index (κ2) is 11.8. The molecule has 1 aliphatic rings. The van der Waals surface area contributed by atoms with E-state index in [-0.39, 0.29) is 22.0 Å². The number of nitrogens with zero attached hydrogens (tertiary/aromatic N) is 4. The van der Waals surface area contributed by atoms with Gasteiger partial charge in [-0.1, -0.05) is 65.7 Å². The van der Waals surface area contributed by atoms with Gasteiger partial charge in [-0.3, -0.25) is 14.6 Å². The van der Waals surface area contributed by atoms with Gasteiger partial charge in [0.2, 0.25) is 5.91 Å². The Morgan fingerprint density at radius 2 is 1.68 bits per heavy atom. The molecule has 0 saturated heterocycles. The summed E-state index contributed by atoms with van der Waals surface area (Å²) in [5.74, 6) is -0.672. The average Bonchev–Trinajstić information content (AvgIpc) is 3.53. The van der Waals surface area contributed by atoms with E-state index in [0.717, 1.165) is 5.56 Å². The molecule has 0 saturated carbocycles. The Labute approximate surface area is 239 Å². The molecule has 0 aliphatic carbocycles. The Balaban J connectivity index is 1.24. The summed E-state index contributed by atoms with van der Waals surface area (Å²) in [6.45, 7) is 0. The van der Waals surface area contributed by atoms with Gasteiger partial charge in [-0.2, -0.15) is 0 Å². The van der Waals surface area contributed by atoms with Crippen molar-refractivity contribution in [1.29, 1.82) is 0 Å². The lowest BCUT2D eigenvalue weighted by atomic mass is 10.0. The fraction of sp³-hybridized carbons (Fsp3) is 0.214. The number of carbonyl (C=O) groups is 3. The molecule has 2 aromatic heterocycles. The first-order valence-corrected chi connectivity index (χ1v) is 13.2. The molecule has 0 radical (unpaired) electrons. The summed E-state index contributed by atoms with van der Waals surface area (Å²) in [5.41, 5.74) is 2.27. The third kappa shape index (κ3) is 5.98. The first kappa shape index (κ1) is 27.3. The number of carboxylic acid groups (broad SMARTS) is 1. The Bertz CT molecular complexity index is 1540. The van der Waals surface area contributed by atoms with Crippen LogP contribution >= 0.6 is 23.2 Å². The van der Waals surface area contributed by atoms with Crippen molar-refractivity contribution in [2.75, 3.05) is 5.32 Å². The Morgan fingerprint density at radius 1 is 0.975 bits per heavy atom. The lowest BCUT2D eigenvalue weighted by Gasteiger charge is -2.20. The Morgan fingerprint density at radius 3 is 2.35 bits per heavy atom. The number of pyridine rings is 1. The topological polar surface area (TPSA) is 139 Å². The van der Waals surface area contributed by atoms with Crippen LogP contribution in [0.3, 0.4) is 0 Å². The fourth-order valence-corrected chi connectivity index (χ4v) is 5.22. The molecule has 0 fully saturated rings. The minimum Gasteiger partial charge on any atom is -0.480 e. The van der Waals surface area contributed by atoms with Gasteiger partial charge in [-0.05, 0) is 29.7 Å². The number of amides is 2. The molecule has 5 rings (SSSR count). The van der Waals surface area contributed by atoms with Crippen molar-refractivity contribution >= 4 is 46.7 Å². The second-order valence-electron chi connectivity index (χ2n) is 9.35. The molecule has 2 aromatic carbocycles. The van der Waals surface area contributed by atoms with Crippen molar-refractivity contribution in [1.82, 2.24) is 25.1 Å². The number of carbonyl (C=O) groups excluding carboxylic acids is 2. The van der Waals surface area contributed by atoms with Gasteiger partial charge >= 0.3 is 5.97 Å². The molecule has 10 nitrogen and oxygen atoms in total. The quantitative estimate of drug-likeness (QED) is 0.271. The molecule has 4 aromatic rings. The van der Waals surface area contributed by atoms with Gasteiger partial charge in [-0.25, -0.2) is 4.79 Å². The van der Waals surface area contributed by atoms with E-state index in [2.05, 4.69) is 25.8 Å². The minimum absolute atomic E-state index is 0.0515. The summed E-state index contributed by atoms with van der Waals surface area (Å²) in [6.07, 6.45) is 4.32. The zero-order valence-electron chi connectivity index (χ0n) is 21.1. The third-order valence-electron chi connectivity index (χ3n) is 6.64. The molecule has 2 amide bonds. The first-order chi connectivity index (χ1) is 19.3. The second-order valence-corrected chi connectivity index (χ2v) is 10.2. The maximum Gasteiger partial charge on any atom is 0.326 e. The summed E-state index contributed by atoms with van der Waals surface area (Å²) in [7, 11) is 0. The van der Waals surface area contributed by atoms with Crippen LogP contribution in [0.25, 0.3) is 0 Å². The predicted molar refractivity (Wildman–Crippen MR) is 149 cm³/mol. The van der Waals surface area contributed by atoms with E-state index in [1.165, 1.54) is 12.4 Å². The third-order valence-corrected chi connectivity index (χ3v) is 7.22. The van der Waals surface area contributed by atoms with Gasteiger partial charge in [0.05, 0.1) is 15.6 Å². The highest BCUT2D eigenvalue weighted by atomic mass is 35.5. The number of aliphatic carboxylic acids is 1. The zero-order chi connectivity index (χ0) is 28.2. The van der Waals surface area contributed by atoms with E-state index in [9.17, 15) is 19.5 Å². The summed E-state index contributed by atoms with van der Waals surface area (Å²) < 4.78 is 1.82. The minimum atomic E-state index is -1.15. The van der Waals surface area contributed by atoms with Gasteiger partial charge in [0, 0.05) is 37.3 Å². The number of carboxylic acids is 1. The van der Waals surface area contributed by atoms with Crippen molar-refractivity contribution in [2.45, 2.75) is 37.8 Å². The average molecular weight is 579 g/mol. The predicted octanol–water partition coefficient (Wildman–Crippen LogP) is 4.12. The number of halogens is 2. The highest BCUT2D eigenvalue weighted by molar-refractivity contribution is 6.40. The van der Waals surface area contributed by atoms with E-state index in [1.54, 1.807) is 24.3 Å². The summed E-state index contributed by atoms with van der Waals surface area (Å²) in [4.78, 5) is 41.8. The standard InChI is InChI=1S/C28H24Cl2N6O4/c29-19-14-31-15-20(30)25(19)27(38)32-18-8-6-17(7-9-18)12-21(28(39)40)33-26(37)22-10-11-23-34-35-24(36(22)23)13-16-4-2-1-3-5-16/h1-9,14-15,21-22H,10-13H2,(H,32,38)(H,33,37)(H,39,40)/t21-,22-/m0/s1. The van der Waals surface area contributed by atoms with Gasteiger partial charge < -0.3 is 20.3 Å². The van der Waals surface area contributed by atoms with Gasteiger partial charge in [0.25, 0.3) is 5.91 Å². The molecular weight excluding hydrogens is 555 g/mol. The van der Waals surface area contributed by atoms with Crippen molar-refractivity contribution in [2.24, 2.45) is 0 Å². The fourth-order valence-electron chi connectivity index (χ4n) is 4.68.